The van der Waals surface area contributed by atoms with Crippen molar-refractivity contribution in [2.24, 2.45) is 5.10 Å². The fourth-order valence-corrected chi connectivity index (χ4v) is 2.98. The lowest BCUT2D eigenvalue weighted by Gasteiger charge is -2.08. The number of nitro benzene ring substituents is 1. The van der Waals surface area contributed by atoms with Gasteiger partial charge in [0.05, 0.1) is 36.5 Å². The molecule has 2 aromatic carbocycles. The third-order valence-electron chi connectivity index (χ3n) is 4.06. The van der Waals surface area contributed by atoms with Crippen molar-refractivity contribution in [2.45, 2.75) is 0 Å². The van der Waals surface area contributed by atoms with Crippen LogP contribution < -0.4 is 14.9 Å². The summed E-state index contributed by atoms with van der Waals surface area (Å²) in [6.07, 6.45) is 1.29. The van der Waals surface area contributed by atoms with Crippen LogP contribution in [0.2, 0.25) is 0 Å². The fraction of sp³-hybridized carbons (Fsp3) is 0.100. The van der Waals surface area contributed by atoms with Gasteiger partial charge in [0.15, 0.2) is 0 Å². The number of rotatable bonds is 7. The molecule has 1 N–H and O–H groups in total. The van der Waals surface area contributed by atoms with E-state index in [9.17, 15) is 14.9 Å². The molecule has 3 rings (SSSR count). The molecule has 1 aromatic heterocycles. The van der Waals surface area contributed by atoms with E-state index in [-0.39, 0.29) is 11.3 Å². The van der Waals surface area contributed by atoms with Gasteiger partial charge in [-0.2, -0.15) is 5.10 Å². The summed E-state index contributed by atoms with van der Waals surface area (Å²) in [6, 6.07) is 12.6. The van der Waals surface area contributed by atoms with Crippen LogP contribution >= 0.6 is 15.9 Å². The standard InChI is InChI=1S/C20H16BrN3O6/c1-28-13-4-7-16(19(10-13)29-2)20(25)23-22-11-14-5-8-18(30-14)15-6-3-12(21)9-17(15)24(26)27/h3-11H,1-2H3,(H,23,25). The summed E-state index contributed by atoms with van der Waals surface area (Å²) in [5.74, 6) is 1.02. The van der Waals surface area contributed by atoms with Crippen LogP contribution in [0.3, 0.4) is 0 Å². The van der Waals surface area contributed by atoms with E-state index in [2.05, 4.69) is 26.5 Å². The van der Waals surface area contributed by atoms with Gasteiger partial charge in [0.25, 0.3) is 11.6 Å². The van der Waals surface area contributed by atoms with Crippen molar-refractivity contribution >= 4 is 33.7 Å². The second-order valence-corrected chi connectivity index (χ2v) is 6.80. The molecule has 0 saturated heterocycles. The number of hydrogen-bond donors (Lipinski definition) is 1. The van der Waals surface area contributed by atoms with Gasteiger partial charge in [-0.1, -0.05) is 15.9 Å². The number of methoxy groups -OCH3 is 2. The maximum absolute atomic E-state index is 12.3. The Morgan fingerprint density at radius 1 is 1.17 bits per heavy atom. The number of hydrogen-bond acceptors (Lipinski definition) is 7. The van der Waals surface area contributed by atoms with E-state index in [1.807, 2.05) is 0 Å². The zero-order chi connectivity index (χ0) is 21.7. The molecule has 30 heavy (non-hydrogen) atoms. The van der Waals surface area contributed by atoms with Gasteiger partial charge >= 0.3 is 0 Å². The van der Waals surface area contributed by atoms with E-state index in [4.69, 9.17) is 13.9 Å². The van der Waals surface area contributed by atoms with Gasteiger partial charge in [-0.25, -0.2) is 5.43 Å². The molecule has 1 heterocycles. The first-order chi connectivity index (χ1) is 14.4. The van der Waals surface area contributed by atoms with E-state index in [1.54, 1.807) is 42.5 Å². The van der Waals surface area contributed by atoms with E-state index in [1.165, 1.54) is 26.5 Å². The molecule has 0 aliphatic carbocycles. The third kappa shape index (κ3) is 4.66. The Labute approximate surface area is 179 Å². The summed E-state index contributed by atoms with van der Waals surface area (Å²) in [6.45, 7) is 0. The van der Waals surface area contributed by atoms with Crippen LogP contribution in [0.25, 0.3) is 11.3 Å². The van der Waals surface area contributed by atoms with E-state index < -0.39 is 10.8 Å². The van der Waals surface area contributed by atoms with E-state index in [0.717, 1.165) is 0 Å². The quantitative estimate of drug-likeness (QED) is 0.308. The monoisotopic (exact) mass is 473 g/mol. The van der Waals surface area contributed by atoms with E-state index >= 15 is 0 Å². The number of halogens is 1. The molecule has 9 nitrogen and oxygen atoms in total. The second-order valence-electron chi connectivity index (χ2n) is 5.89. The molecule has 0 aliphatic rings. The second kappa shape index (κ2) is 9.23. The van der Waals surface area contributed by atoms with Gasteiger partial charge < -0.3 is 13.9 Å². The number of amides is 1. The molecular weight excluding hydrogens is 458 g/mol. The Hall–Kier alpha value is -3.66. The first-order valence-electron chi connectivity index (χ1n) is 8.52. The van der Waals surface area contributed by atoms with Crippen LogP contribution in [0, 0.1) is 10.1 Å². The summed E-state index contributed by atoms with van der Waals surface area (Å²) in [5.41, 5.74) is 2.89. The average Bonchev–Trinajstić information content (AvgIpc) is 3.21. The number of nitrogens with one attached hydrogen (secondary N) is 1. The Morgan fingerprint density at radius 2 is 1.97 bits per heavy atom. The van der Waals surface area contributed by atoms with Gasteiger partial charge in [0.2, 0.25) is 0 Å². The van der Waals surface area contributed by atoms with E-state index in [0.29, 0.717) is 33.1 Å². The van der Waals surface area contributed by atoms with Crippen molar-refractivity contribution in [3.05, 3.63) is 74.4 Å². The molecule has 0 fully saturated rings. The zero-order valence-electron chi connectivity index (χ0n) is 15.9. The molecule has 0 aliphatic heterocycles. The normalized spacial score (nSPS) is 10.8. The lowest BCUT2D eigenvalue weighted by atomic mass is 10.1. The highest BCUT2D eigenvalue weighted by Gasteiger charge is 2.18. The minimum Gasteiger partial charge on any atom is -0.497 e. The number of nitrogens with zero attached hydrogens (tertiary/aromatic N) is 2. The topological polar surface area (TPSA) is 116 Å². The van der Waals surface area contributed by atoms with Crippen LogP contribution in [0.4, 0.5) is 5.69 Å². The molecule has 10 heteroatoms. The number of carbonyl (C=O) groups excluding carboxylic acids is 1. The van der Waals surface area contributed by atoms with Gasteiger partial charge in [-0.3, -0.25) is 14.9 Å². The SMILES string of the molecule is COc1ccc(C(=O)NN=Cc2ccc(-c3ccc(Br)cc3[N+](=O)[O-])o2)c(OC)c1. The maximum Gasteiger partial charge on any atom is 0.281 e. The molecule has 154 valence electrons. The Balaban J connectivity index is 1.74. The minimum absolute atomic E-state index is 0.0953. The van der Waals surface area contributed by atoms with Crippen molar-refractivity contribution in [1.29, 1.82) is 0 Å². The Morgan fingerprint density at radius 3 is 2.67 bits per heavy atom. The lowest BCUT2D eigenvalue weighted by Crippen LogP contribution is -2.18. The highest BCUT2D eigenvalue weighted by atomic mass is 79.9. The number of carbonyl (C=O) groups is 1. The molecular formula is C20H16BrN3O6. The number of hydrazone groups is 1. The predicted molar refractivity (Wildman–Crippen MR) is 113 cm³/mol. The summed E-state index contributed by atoms with van der Waals surface area (Å²) in [7, 11) is 2.96. The molecule has 0 atom stereocenters. The van der Waals surface area contributed by atoms with Gasteiger partial charge in [0, 0.05) is 16.6 Å². The van der Waals surface area contributed by atoms with Crippen molar-refractivity contribution < 1.29 is 23.6 Å². The highest BCUT2D eigenvalue weighted by Crippen LogP contribution is 2.33. The molecule has 0 unspecified atom stereocenters. The number of nitro groups is 1. The molecule has 0 radical (unpaired) electrons. The first-order valence-corrected chi connectivity index (χ1v) is 9.32. The molecule has 1 amide bonds. The van der Waals surface area contributed by atoms with Crippen molar-refractivity contribution in [3.63, 3.8) is 0 Å². The maximum atomic E-state index is 12.3. The highest BCUT2D eigenvalue weighted by molar-refractivity contribution is 9.10. The summed E-state index contributed by atoms with van der Waals surface area (Å²) < 4.78 is 16.5. The van der Waals surface area contributed by atoms with Crippen LogP contribution in [0.1, 0.15) is 16.1 Å². The summed E-state index contributed by atoms with van der Waals surface area (Å²) in [5, 5.41) is 15.1. The smallest absolute Gasteiger partial charge is 0.281 e. The minimum atomic E-state index is -0.487. The number of furan rings is 1. The Kier molecular flexibility index (Phi) is 6.48. The zero-order valence-corrected chi connectivity index (χ0v) is 17.5. The van der Waals surface area contributed by atoms with Crippen LogP contribution in [0.5, 0.6) is 11.5 Å². The first kappa shape index (κ1) is 21.1. The largest absolute Gasteiger partial charge is 0.497 e. The van der Waals surface area contributed by atoms with Crippen molar-refractivity contribution in [3.8, 4) is 22.8 Å². The molecule has 3 aromatic rings. The van der Waals surface area contributed by atoms with Gasteiger partial charge in [0.1, 0.15) is 23.0 Å². The third-order valence-corrected chi connectivity index (χ3v) is 4.55. The summed E-state index contributed by atoms with van der Waals surface area (Å²) in [4.78, 5) is 23.1. The van der Waals surface area contributed by atoms with Gasteiger partial charge in [-0.05, 0) is 36.4 Å². The number of ether oxygens (including phenoxy) is 2. The fourth-order valence-electron chi connectivity index (χ4n) is 2.63. The predicted octanol–water partition coefficient (Wildman–Crippen LogP) is 4.40. The lowest BCUT2D eigenvalue weighted by molar-refractivity contribution is -0.384. The van der Waals surface area contributed by atoms with Crippen LogP contribution in [-0.2, 0) is 0 Å². The van der Waals surface area contributed by atoms with Crippen LogP contribution in [0.15, 0.2) is 62.5 Å². The average molecular weight is 474 g/mol. The summed E-state index contributed by atoms with van der Waals surface area (Å²) >= 11 is 3.22. The molecule has 0 spiro atoms. The molecule has 0 saturated carbocycles. The van der Waals surface area contributed by atoms with Crippen molar-refractivity contribution in [2.75, 3.05) is 14.2 Å². The van der Waals surface area contributed by atoms with Crippen LogP contribution in [-0.4, -0.2) is 31.3 Å². The number of benzene rings is 2. The van der Waals surface area contributed by atoms with Crippen molar-refractivity contribution in [1.82, 2.24) is 5.43 Å². The van der Waals surface area contributed by atoms with Gasteiger partial charge in [-0.15, -0.1) is 0 Å². The molecule has 0 bridgehead atoms. The Bertz CT molecular complexity index is 1130.